The first-order valence-electron chi connectivity index (χ1n) is 14.9. The molecule has 5 aromatic carbocycles. The van der Waals surface area contributed by atoms with Crippen molar-refractivity contribution in [1.29, 1.82) is 0 Å². The summed E-state index contributed by atoms with van der Waals surface area (Å²) in [7, 11) is 0. The van der Waals surface area contributed by atoms with Crippen LogP contribution >= 0.6 is 0 Å². The molecular formula is C41H31NO. The fraction of sp³-hybridized carbons (Fsp3) is 0.0976. The summed E-state index contributed by atoms with van der Waals surface area (Å²) < 4.78 is 1.96. The number of pyridine rings is 1. The molecule has 0 radical (unpaired) electrons. The molecule has 8 rings (SSSR count). The standard InChI is InChI=1S/C41H31NO/c1-5-25(27-14-8-7-9-15-27)20-26(6-2)28-21-34-29-16-10-11-18-31(29)40(43)42-38-24-37-32(23-33(38)35(22-28)39(34)42)30-17-12-13-19-36(30)41(37,3)4/h5-24H,2H2,1,3-4H3/b25-5+,26-20+. The van der Waals surface area contributed by atoms with Gasteiger partial charge in [-0.25, -0.2) is 0 Å². The van der Waals surface area contributed by atoms with Crippen LogP contribution in [0.3, 0.4) is 0 Å². The molecule has 0 amide bonds. The zero-order valence-corrected chi connectivity index (χ0v) is 24.6. The first-order chi connectivity index (χ1) is 20.9. The quantitative estimate of drug-likeness (QED) is 0.157. The predicted molar refractivity (Wildman–Crippen MR) is 183 cm³/mol. The van der Waals surface area contributed by atoms with Gasteiger partial charge in [-0.05, 0) is 93.2 Å². The van der Waals surface area contributed by atoms with E-state index in [9.17, 15) is 4.79 Å². The Kier molecular flexibility index (Phi) is 5.42. The van der Waals surface area contributed by atoms with Crippen LogP contribution in [0.15, 0.2) is 133 Å². The number of hydrogen-bond donors (Lipinski definition) is 0. The molecule has 0 aliphatic heterocycles. The normalized spacial score (nSPS) is 14.6. The van der Waals surface area contributed by atoms with Crippen molar-refractivity contribution in [3.63, 3.8) is 0 Å². The maximum atomic E-state index is 14.2. The van der Waals surface area contributed by atoms with E-state index in [1.165, 1.54) is 22.3 Å². The van der Waals surface area contributed by atoms with Gasteiger partial charge in [-0.1, -0.05) is 105 Å². The van der Waals surface area contributed by atoms with Gasteiger partial charge in [0.25, 0.3) is 5.56 Å². The molecule has 0 fully saturated rings. The van der Waals surface area contributed by atoms with Crippen molar-refractivity contribution >= 4 is 49.1 Å². The van der Waals surface area contributed by atoms with Crippen LogP contribution in [-0.2, 0) is 5.41 Å². The topological polar surface area (TPSA) is 21.5 Å². The molecule has 1 aliphatic rings. The van der Waals surface area contributed by atoms with Gasteiger partial charge in [0, 0.05) is 27.0 Å². The van der Waals surface area contributed by atoms with E-state index in [2.05, 4.69) is 118 Å². The van der Waals surface area contributed by atoms with Crippen LogP contribution in [0.25, 0.3) is 60.2 Å². The summed E-state index contributed by atoms with van der Waals surface area (Å²) in [4.78, 5) is 14.2. The second-order valence-electron chi connectivity index (χ2n) is 12.1. The lowest BCUT2D eigenvalue weighted by Crippen LogP contribution is -2.16. The molecule has 0 saturated heterocycles. The highest BCUT2D eigenvalue weighted by atomic mass is 16.1. The van der Waals surface area contributed by atoms with Crippen molar-refractivity contribution in [3.8, 4) is 11.1 Å². The van der Waals surface area contributed by atoms with Crippen LogP contribution in [0.5, 0.6) is 0 Å². The molecule has 0 N–H and O–H groups in total. The van der Waals surface area contributed by atoms with E-state index < -0.39 is 0 Å². The van der Waals surface area contributed by atoms with Crippen LogP contribution in [0.4, 0.5) is 0 Å². The predicted octanol–water partition coefficient (Wildman–Crippen LogP) is 10.2. The lowest BCUT2D eigenvalue weighted by atomic mass is 9.82. The lowest BCUT2D eigenvalue weighted by Gasteiger charge is -2.21. The second-order valence-corrected chi connectivity index (χ2v) is 12.1. The van der Waals surface area contributed by atoms with Gasteiger partial charge < -0.3 is 0 Å². The number of hydrogen-bond acceptors (Lipinski definition) is 1. The molecule has 0 atom stereocenters. The molecule has 206 valence electrons. The number of benzene rings is 5. The van der Waals surface area contributed by atoms with Crippen molar-refractivity contribution in [1.82, 2.24) is 4.40 Å². The van der Waals surface area contributed by atoms with Crippen molar-refractivity contribution in [2.24, 2.45) is 0 Å². The van der Waals surface area contributed by atoms with Gasteiger partial charge in [0.05, 0.1) is 11.0 Å². The summed E-state index contributed by atoms with van der Waals surface area (Å²) in [5.41, 5.74) is 11.4. The summed E-state index contributed by atoms with van der Waals surface area (Å²) in [6.07, 6.45) is 6.30. The Morgan fingerprint density at radius 1 is 0.674 bits per heavy atom. The Morgan fingerprint density at radius 2 is 1.35 bits per heavy atom. The van der Waals surface area contributed by atoms with E-state index in [4.69, 9.17) is 0 Å². The largest absolute Gasteiger partial charge is 0.275 e. The minimum atomic E-state index is -0.153. The highest BCUT2D eigenvalue weighted by molar-refractivity contribution is 6.22. The molecule has 0 bridgehead atoms. The Balaban J connectivity index is 1.51. The molecule has 1 aliphatic carbocycles. The summed E-state index contributed by atoms with van der Waals surface area (Å²) in [6.45, 7) is 10.9. The van der Waals surface area contributed by atoms with Crippen molar-refractivity contribution < 1.29 is 0 Å². The molecule has 0 spiro atoms. The third kappa shape index (κ3) is 3.50. The molecule has 2 nitrogen and oxygen atoms in total. The molecule has 2 heterocycles. The fourth-order valence-electron chi connectivity index (χ4n) is 7.34. The van der Waals surface area contributed by atoms with Crippen molar-refractivity contribution in [3.05, 3.63) is 161 Å². The number of fused-ring (bicyclic) bond motifs is 8. The average molecular weight is 554 g/mol. The van der Waals surface area contributed by atoms with Gasteiger partial charge in [0.1, 0.15) is 0 Å². The smallest absolute Gasteiger partial charge is 0.263 e. The molecule has 7 aromatic rings. The summed E-state index contributed by atoms with van der Waals surface area (Å²) in [6, 6.07) is 36.2. The minimum absolute atomic E-state index is 0.0314. The molecular weight excluding hydrogens is 522 g/mol. The Hall–Kier alpha value is -5.21. The summed E-state index contributed by atoms with van der Waals surface area (Å²) in [5.74, 6) is 0. The number of nitrogens with zero attached hydrogens (tertiary/aromatic N) is 1. The monoisotopic (exact) mass is 553 g/mol. The SMILES string of the molecule is C=C/C(=C\C(=C/C)c1ccccc1)c1cc2c3ccccc3c(=O)n3c4cc5c(cc4c(c1)c23)-c1ccccc1C5(C)C. The first kappa shape index (κ1) is 25.5. The zero-order chi connectivity index (χ0) is 29.5. The Morgan fingerprint density at radius 3 is 2.09 bits per heavy atom. The van der Waals surface area contributed by atoms with E-state index in [0.717, 1.165) is 60.2 Å². The first-order valence-corrected chi connectivity index (χ1v) is 14.9. The summed E-state index contributed by atoms with van der Waals surface area (Å²) in [5, 5.41) is 4.98. The fourth-order valence-corrected chi connectivity index (χ4v) is 7.34. The highest BCUT2D eigenvalue weighted by Gasteiger charge is 2.36. The van der Waals surface area contributed by atoms with Crippen LogP contribution in [0.2, 0.25) is 0 Å². The third-order valence-corrected chi connectivity index (χ3v) is 9.50. The van der Waals surface area contributed by atoms with E-state index in [0.29, 0.717) is 0 Å². The number of allylic oxidation sites excluding steroid dienone is 5. The average Bonchev–Trinajstić information content (AvgIpc) is 3.48. The molecule has 43 heavy (non-hydrogen) atoms. The Labute approximate surface area is 250 Å². The van der Waals surface area contributed by atoms with Crippen LogP contribution in [0.1, 0.15) is 43.0 Å². The number of aromatic nitrogens is 1. The van der Waals surface area contributed by atoms with E-state index in [-0.39, 0.29) is 11.0 Å². The Bertz CT molecular complexity index is 2400. The van der Waals surface area contributed by atoms with Gasteiger partial charge in [-0.2, -0.15) is 0 Å². The van der Waals surface area contributed by atoms with E-state index >= 15 is 0 Å². The molecule has 2 aromatic heterocycles. The van der Waals surface area contributed by atoms with Gasteiger partial charge in [-0.3, -0.25) is 9.20 Å². The van der Waals surface area contributed by atoms with Gasteiger partial charge >= 0.3 is 0 Å². The van der Waals surface area contributed by atoms with E-state index in [1.807, 2.05) is 34.7 Å². The van der Waals surface area contributed by atoms with Crippen LogP contribution in [0, 0.1) is 0 Å². The van der Waals surface area contributed by atoms with Gasteiger partial charge in [0.15, 0.2) is 0 Å². The van der Waals surface area contributed by atoms with Crippen molar-refractivity contribution in [2.75, 3.05) is 0 Å². The molecule has 2 heteroatoms. The van der Waals surface area contributed by atoms with Crippen LogP contribution in [-0.4, -0.2) is 4.40 Å². The number of rotatable bonds is 4. The molecule has 0 saturated carbocycles. The minimum Gasteiger partial charge on any atom is -0.275 e. The van der Waals surface area contributed by atoms with Gasteiger partial charge in [-0.15, -0.1) is 0 Å². The van der Waals surface area contributed by atoms with Crippen LogP contribution < -0.4 is 5.56 Å². The van der Waals surface area contributed by atoms with Gasteiger partial charge in [0.2, 0.25) is 0 Å². The van der Waals surface area contributed by atoms with Crippen molar-refractivity contribution in [2.45, 2.75) is 26.2 Å². The van der Waals surface area contributed by atoms with E-state index in [1.54, 1.807) is 0 Å². The highest BCUT2D eigenvalue weighted by Crippen LogP contribution is 2.51. The second kappa shape index (κ2) is 9.14. The summed E-state index contributed by atoms with van der Waals surface area (Å²) >= 11 is 0. The maximum absolute atomic E-state index is 14.2. The lowest BCUT2D eigenvalue weighted by molar-refractivity contribution is 0.661. The molecule has 0 unspecified atom stereocenters. The zero-order valence-electron chi connectivity index (χ0n) is 24.6. The third-order valence-electron chi connectivity index (χ3n) is 9.50. The maximum Gasteiger partial charge on any atom is 0.263 e.